The van der Waals surface area contributed by atoms with E-state index in [1.165, 1.54) is 0 Å². The van der Waals surface area contributed by atoms with Crippen molar-refractivity contribution >= 4 is 39.8 Å². The zero-order chi connectivity index (χ0) is 23.7. The van der Waals surface area contributed by atoms with Gasteiger partial charge >= 0.3 is 0 Å². The Hall–Kier alpha value is -3.16. The number of nitrogens with zero attached hydrogens (tertiary/aromatic N) is 3. The van der Waals surface area contributed by atoms with Crippen LogP contribution in [0.15, 0.2) is 48.7 Å². The lowest BCUT2D eigenvalue weighted by molar-refractivity contribution is 0.0903. The summed E-state index contributed by atoms with van der Waals surface area (Å²) in [4.78, 5) is 18.8. The highest BCUT2D eigenvalue weighted by Gasteiger charge is 2.28. The van der Waals surface area contributed by atoms with Crippen molar-refractivity contribution in [2.45, 2.75) is 45.3 Å². The molecule has 0 bridgehead atoms. The van der Waals surface area contributed by atoms with Crippen molar-refractivity contribution in [3.8, 4) is 0 Å². The number of hydrogen-bond donors (Lipinski definition) is 2. The lowest BCUT2D eigenvalue weighted by Crippen LogP contribution is -2.32. The number of allylic oxidation sites excluding steroid dienone is 4. The number of rotatable bonds is 7. The topological polar surface area (TPSA) is 81.1 Å². The van der Waals surface area contributed by atoms with Crippen LogP contribution in [0.5, 0.6) is 0 Å². The maximum atomic E-state index is 13.8. The molecule has 3 heterocycles. The van der Waals surface area contributed by atoms with Crippen LogP contribution in [0.3, 0.4) is 0 Å². The second-order valence-corrected chi connectivity index (χ2v) is 9.10. The van der Waals surface area contributed by atoms with Crippen LogP contribution in [0.2, 0.25) is 5.02 Å². The number of carbonyl (C=O) groups is 1. The first-order valence-corrected chi connectivity index (χ1v) is 12.1. The van der Waals surface area contributed by atoms with Gasteiger partial charge in [0.25, 0.3) is 5.91 Å². The Morgan fingerprint density at radius 2 is 2.00 bits per heavy atom. The molecular formula is C26H28ClN5O2. The van der Waals surface area contributed by atoms with E-state index in [-0.39, 0.29) is 18.0 Å². The van der Waals surface area contributed by atoms with E-state index in [2.05, 4.69) is 15.7 Å². The summed E-state index contributed by atoms with van der Waals surface area (Å²) in [6.45, 7) is 6.11. The number of benzene rings is 1. The molecule has 0 radical (unpaired) electrons. The van der Waals surface area contributed by atoms with Crippen molar-refractivity contribution in [2.24, 2.45) is 0 Å². The van der Waals surface area contributed by atoms with E-state index < -0.39 is 0 Å². The summed E-state index contributed by atoms with van der Waals surface area (Å²) in [7, 11) is 0. The van der Waals surface area contributed by atoms with Gasteiger partial charge in [-0.05, 0) is 44.4 Å². The maximum absolute atomic E-state index is 13.8. The molecule has 2 aromatic heterocycles. The molecule has 1 amide bonds. The van der Waals surface area contributed by atoms with Gasteiger partial charge in [0.15, 0.2) is 5.65 Å². The number of anilines is 1. The summed E-state index contributed by atoms with van der Waals surface area (Å²) in [5, 5.41) is 12.9. The molecule has 1 aliphatic carbocycles. The number of nitrogens with one attached hydrogen (secondary N) is 2. The van der Waals surface area contributed by atoms with Crippen molar-refractivity contribution in [3.63, 3.8) is 0 Å². The molecule has 5 rings (SSSR count). The summed E-state index contributed by atoms with van der Waals surface area (Å²) in [6.07, 6.45) is 9.50. The first-order valence-electron chi connectivity index (χ1n) is 11.7. The molecule has 34 heavy (non-hydrogen) atoms. The van der Waals surface area contributed by atoms with Crippen LogP contribution < -0.4 is 10.6 Å². The Labute approximate surface area is 203 Å². The molecule has 0 saturated carbocycles. The van der Waals surface area contributed by atoms with Gasteiger partial charge in [-0.15, -0.1) is 0 Å². The van der Waals surface area contributed by atoms with Gasteiger partial charge in [0.2, 0.25) is 0 Å². The zero-order valence-electron chi connectivity index (χ0n) is 19.3. The monoisotopic (exact) mass is 477 g/mol. The van der Waals surface area contributed by atoms with Crippen LogP contribution in [0.25, 0.3) is 16.6 Å². The Bertz CT molecular complexity index is 1270. The Morgan fingerprint density at radius 1 is 1.26 bits per heavy atom. The van der Waals surface area contributed by atoms with E-state index in [1.807, 2.05) is 67.2 Å². The van der Waals surface area contributed by atoms with Crippen molar-refractivity contribution < 1.29 is 9.53 Å². The number of fused-ring (bicyclic) bond motifs is 1. The normalized spacial score (nSPS) is 16.7. The highest BCUT2D eigenvalue weighted by Crippen LogP contribution is 2.36. The summed E-state index contributed by atoms with van der Waals surface area (Å²) in [6, 6.07) is 7.54. The van der Waals surface area contributed by atoms with E-state index in [4.69, 9.17) is 21.3 Å². The van der Waals surface area contributed by atoms with E-state index in [0.29, 0.717) is 36.0 Å². The zero-order valence-corrected chi connectivity index (χ0v) is 20.1. The van der Waals surface area contributed by atoms with Gasteiger partial charge in [-0.25, -0.2) is 9.67 Å². The quantitative estimate of drug-likeness (QED) is 0.492. The number of ether oxygens (including phenoxy) is 1. The van der Waals surface area contributed by atoms with Crippen LogP contribution in [0, 0.1) is 0 Å². The summed E-state index contributed by atoms with van der Waals surface area (Å²) in [5.41, 5.74) is 4.69. The van der Waals surface area contributed by atoms with E-state index in [1.54, 1.807) is 0 Å². The molecule has 0 spiro atoms. The van der Waals surface area contributed by atoms with Gasteiger partial charge in [0.05, 0.1) is 34.6 Å². The molecule has 2 aliphatic rings. The second kappa shape index (κ2) is 9.60. The van der Waals surface area contributed by atoms with Gasteiger partial charge in [-0.3, -0.25) is 4.79 Å². The molecule has 2 N–H and O–H groups in total. The van der Waals surface area contributed by atoms with Gasteiger partial charge in [-0.1, -0.05) is 42.0 Å². The lowest BCUT2D eigenvalue weighted by Gasteiger charge is -2.27. The van der Waals surface area contributed by atoms with E-state index in [0.717, 1.165) is 40.7 Å². The number of amides is 1. The predicted molar refractivity (Wildman–Crippen MR) is 135 cm³/mol. The molecule has 1 aliphatic heterocycles. The summed E-state index contributed by atoms with van der Waals surface area (Å²) >= 11 is 6.05. The highest BCUT2D eigenvalue weighted by atomic mass is 35.5. The van der Waals surface area contributed by atoms with E-state index >= 15 is 0 Å². The van der Waals surface area contributed by atoms with Crippen LogP contribution in [0.4, 0.5) is 5.69 Å². The molecule has 1 aromatic carbocycles. The lowest BCUT2D eigenvalue weighted by atomic mass is 9.96. The average molecular weight is 478 g/mol. The third kappa shape index (κ3) is 4.33. The summed E-state index contributed by atoms with van der Waals surface area (Å²) in [5.74, 6) is -0.174. The molecule has 176 valence electrons. The number of pyridine rings is 1. The third-order valence-electron chi connectivity index (χ3n) is 6.42. The van der Waals surface area contributed by atoms with E-state index in [9.17, 15) is 4.79 Å². The fourth-order valence-corrected chi connectivity index (χ4v) is 4.53. The average Bonchev–Trinajstić information content (AvgIpc) is 3.22. The molecular weight excluding hydrogens is 450 g/mol. The number of aromatic nitrogens is 3. The van der Waals surface area contributed by atoms with Crippen molar-refractivity contribution in [1.29, 1.82) is 0 Å². The summed E-state index contributed by atoms with van der Waals surface area (Å²) < 4.78 is 7.42. The smallest absolute Gasteiger partial charge is 0.256 e. The first-order chi connectivity index (χ1) is 16.5. The van der Waals surface area contributed by atoms with Crippen molar-refractivity contribution in [1.82, 2.24) is 20.1 Å². The largest absolute Gasteiger partial charge is 0.381 e. The number of halogens is 1. The predicted octanol–water partition coefficient (Wildman–Crippen LogP) is 5.14. The molecule has 7 nitrogen and oxygen atoms in total. The minimum Gasteiger partial charge on any atom is -0.381 e. The molecule has 8 heteroatoms. The number of aryl methyl sites for hydroxylation is 1. The third-order valence-corrected chi connectivity index (χ3v) is 6.68. The maximum Gasteiger partial charge on any atom is 0.256 e. The fourth-order valence-electron chi connectivity index (χ4n) is 4.40. The molecule has 1 atom stereocenters. The van der Waals surface area contributed by atoms with Crippen LogP contribution in [-0.4, -0.2) is 39.9 Å². The van der Waals surface area contributed by atoms with Crippen molar-refractivity contribution in [3.05, 3.63) is 70.5 Å². The second-order valence-electron chi connectivity index (χ2n) is 8.67. The van der Waals surface area contributed by atoms with Gasteiger partial charge < -0.3 is 15.4 Å². The van der Waals surface area contributed by atoms with Crippen LogP contribution in [0.1, 0.15) is 54.3 Å². The number of hydrogen-bond acceptors (Lipinski definition) is 5. The van der Waals surface area contributed by atoms with Gasteiger partial charge in [0, 0.05) is 36.4 Å². The minimum absolute atomic E-state index is 0.174. The van der Waals surface area contributed by atoms with Gasteiger partial charge in [-0.2, -0.15) is 5.10 Å². The fraction of sp³-hybridized carbons (Fsp3) is 0.346. The minimum atomic E-state index is -0.200. The van der Waals surface area contributed by atoms with Crippen LogP contribution in [-0.2, 0) is 11.3 Å². The number of carbonyl (C=O) groups excluding carboxylic acids is 1. The molecule has 1 unspecified atom stereocenters. The standard InChI is InChI=1S/C26H28ClN5O2/c1-3-32-25-21(15-28-32)24(30-20-11-13-34-14-12-20)22(23(31-25)18-5-4-6-18)26(33)29-16(2)17-7-9-19(27)10-8-17/h4-10,15-16,20H,3,11-14H2,1-2H3,(H,29,33)(H,30,31). The van der Waals surface area contributed by atoms with Crippen molar-refractivity contribution in [2.75, 3.05) is 18.5 Å². The SMILES string of the molecule is CCn1ncc2c(NC3CCOCC3)c(C(=O)NC(C)c3ccc(Cl)cc3)c(C3=CC=C3)nc21. The Kier molecular flexibility index (Phi) is 6.39. The first kappa shape index (κ1) is 22.6. The Balaban J connectivity index is 1.59. The Morgan fingerprint density at radius 3 is 2.65 bits per heavy atom. The molecule has 1 fully saturated rings. The van der Waals surface area contributed by atoms with Gasteiger partial charge in [0.1, 0.15) is 0 Å². The highest BCUT2D eigenvalue weighted by molar-refractivity contribution is 6.30. The molecule has 3 aromatic rings. The van der Waals surface area contributed by atoms with Crippen LogP contribution >= 0.6 is 11.6 Å². The molecule has 1 saturated heterocycles.